The SMILES string of the molecule is CC(C)OC(=O)N1CCC(Nc2ccc(Br)cn2)CC1. The topological polar surface area (TPSA) is 54.5 Å². The van der Waals surface area contributed by atoms with Crippen molar-refractivity contribution in [2.24, 2.45) is 0 Å². The van der Waals surface area contributed by atoms with Crippen LogP contribution in [-0.4, -0.2) is 41.2 Å². The molecule has 0 spiro atoms. The van der Waals surface area contributed by atoms with Gasteiger partial charge in [-0.1, -0.05) is 0 Å². The summed E-state index contributed by atoms with van der Waals surface area (Å²) < 4.78 is 6.17. The summed E-state index contributed by atoms with van der Waals surface area (Å²) in [5.41, 5.74) is 0. The Morgan fingerprint density at radius 3 is 2.70 bits per heavy atom. The van der Waals surface area contributed by atoms with E-state index < -0.39 is 0 Å². The van der Waals surface area contributed by atoms with Crippen molar-refractivity contribution in [1.29, 1.82) is 0 Å². The Bertz CT molecular complexity index is 442. The van der Waals surface area contributed by atoms with Gasteiger partial charge in [-0.3, -0.25) is 0 Å². The van der Waals surface area contributed by atoms with E-state index in [0.717, 1.165) is 36.2 Å². The van der Waals surface area contributed by atoms with Gasteiger partial charge in [-0.2, -0.15) is 0 Å². The highest BCUT2D eigenvalue weighted by Crippen LogP contribution is 2.17. The van der Waals surface area contributed by atoms with Gasteiger partial charge < -0.3 is 15.0 Å². The maximum Gasteiger partial charge on any atom is 0.410 e. The van der Waals surface area contributed by atoms with Gasteiger partial charge in [0.25, 0.3) is 0 Å². The largest absolute Gasteiger partial charge is 0.447 e. The van der Waals surface area contributed by atoms with E-state index in [1.54, 1.807) is 11.1 Å². The van der Waals surface area contributed by atoms with Crippen LogP contribution in [0.5, 0.6) is 0 Å². The molecule has 1 N–H and O–H groups in total. The number of hydrogen-bond acceptors (Lipinski definition) is 4. The summed E-state index contributed by atoms with van der Waals surface area (Å²) in [5.74, 6) is 0.872. The maximum absolute atomic E-state index is 11.8. The number of ether oxygens (including phenoxy) is 1. The summed E-state index contributed by atoms with van der Waals surface area (Å²) in [6.45, 7) is 5.18. The average Bonchev–Trinajstić information content (AvgIpc) is 2.41. The zero-order valence-electron chi connectivity index (χ0n) is 11.8. The number of nitrogens with one attached hydrogen (secondary N) is 1. The lowest BCUT2D eigenvalue weighted by molar-refractivity contribution is 0.0701. The molecule has 5 nitrogen and oxygen atoms in total. The van der Waals surface area contributed by atoms with Crippen molar-refractivity contribution in [1.82, 2.24) is 9.88 Å². The van der Waals surface area contributed by atoms with Crippen LogP contribution in [0.15, 0.2) is 22.8 Å². The zero-order chi connectivity index (χ0) is 14.5. The Balaban J connectivity index is 1.79. The van der Waals surface area contributed by atoms with Crippen LogP contribution in [0.4, 0.5) is 10.6 Å². The van der Waals surface area contributed by atoms with Crippen LogP contribution >= 0.6 is 15.9 Å². The second-order valence-electron chi connectivity index (χ2n) is 5.20. The molecule has 110 valence electrons. The lowest BCUT2D eigenvalue weighted by Gasteiger charge is -2.32. The molecule has 1 saturated heterocycles. The third-order valence-corrected chi connectivity index (χ3v) is 3.64. The van der Waals surface area contributed by atoms with E-state index in [9.17, 15) is 4.79 Å². The number of hydrogen-bond donors (Lipinski definition) is 1. The Hall–Kier alpha value is -1.30. The molecule has 2 heterocycles. The lowest BCUT2D eigenvalue weighted by Crippen LogP contribution is -2.43. The molecule has 0 atom stereocenters. The van der Waals surface area contributed by atoms with Gasteiger partial charge in [-0.05, 0) is 54.8 Å². The van der Waals surface area contributed by atoms with Crippen molar-refractivity contribution < 1.29 is 9.53 Å². The van der Waals surface area contributed by atoms with E-state index in [-0.39, 0.29) is 12.2 Å². The second-order valence-corrected chi connectivity index (χ2v) is 6.12. The van der Waals surface area contributed by atoms with Gasteiger partial charge in [0.05, 0.1) is 6.10 Å². The number of pyridine rings is 1. The summed E-state index contributed by atoms with van der Waals surface area (Å²) >= 11 is 3.37. The van der Waals surface area contributed by atoms with Crippen molar-refractivity contribution in [3.05, 3.63) is 22.8 Å². The first-order valence-corrected chi connectivity index (χ1v) is 7.67. The Morgan fingerprint density at radius 1 is 1.45 bits per heavy atom. The molecule has 1 aromatic rings. The second kappa shape index (κ2) is 6.92. The van der Waals surface area contributed by atoms with Crippen LogP contribution in [0.1, 0.15) is 26.7 Å². The highest BCUT2D eigenvalue weighted by molar-refractivity contribution is 9.10. The smallest absolute Gasteiger partial charge is 0.410 e. The minimum Gasteiger partial charge on any atom is -0.447 e. The minimum atomic E-state index is -0.208. The molecule has 1 amide bonds. The van der Waals surface area contributed by atoms with E-state index in [4.69, 9.17) is 4.74 Å². The molecule has 6 heteroatoms. The van der Waals surface area contributed by atoms with E-state index in [1.807, 2.05) is 26.0 Å². The van der Waals surface area contributed by atoms with Gasteiger partial charge in [-0.25, -0.2) is 9.78 Å². The lowest BCUT2D eigenvalue weighted by atomic mass is 10.1. The van der Waals surface area contributed by atoms with Gasteiger partial charge >= 0.3 is 6.09 Å². The van der Waals surface area contributed by atoms with Crippen LogP contribution in [-0.2, 0) is 4.74 Å². The molecule has 0 unspecified atom stereocenters. The molecule has 0 aliphatic carbocycles. The van der Waals surface area contributed by atoms with E-state index in [2.05, 4.69) is 26.2 Å². The van der Waals surface area contributed by atoms with Crippen molar-refractivity contribution in [3.63, 3.8) is 0 Å². The monoisotopic (exact) mass is 341 g/mol. The normalized spacial score (nSPS) is 16.3. The molecule has 0 bridgehead atoms. The maximum atomic E-state index is 11.8. The standard InChI is InChI=1S/C14H20BrN3O2/c1-10(2)20-14(19)18-7-5-12(6-8-18)17-13-4-3-11(15)9-16-13/h3-4,9-10,12H,5-8H2,1-2H3,(H,16,17). The first-order valence-electron chi connectivity index (χ1n) is 6.88. The van der Waals surface area contributed by atoms with Crippen LogP contribution in [0, 0.1) is 0 Å². The average molecular weight is 342 g/mol. The number of nitrogens with zero attached hydrogens (tertiary/aromatic N) is 2. The van der Waals surface area contributed by atoms with Crippen molar-refractivity contribution in [3.8, 4) is 0 Å². The molecular formula is C14H20BrN3O2. The van der Waals surface area contributed by atoms with Crippen LogP contribution in [0.3, 0.4) is 0 Å². The van der Waals surface area contributed by atoms with Gasteiger partial charge in [0, 0.05) is 29.8 Å². The highest BCUT2D eigenvalue weighted by atomic mass is 79.9. The Kier molecular flexibility index (Phi) is 5.23. The Morgan fingerprint density at radius 2 is 2.15 bits per heavy atom. The zero-order valence-corrected chi connectivity index (χ0v) is 13.4. The number of anilines is 1. The first kappa shape index (κ1) is 15.1. The number of likely N-dealkylation sites (tertiary alicyclic amines) is 1. The third kappa shape index (κ3) is 4.37. The van der Waals surface area contributed by atoms with E-state index in [0.29, 0.717) is 6.04 Å². The predicted molar refractivity (Wildman–Crippen MR) is 81.8 cm³/mol. The molecule has 0 saturated carbocycles. The van der Waals surface area contributed by atoms with Crippen LogP contribution in [0.25, 0.3) is 0 Å². The molecule has 0 aromatic carbocycles. The molecule has 2 rings (SSSR count). The van der Waals surface area contributed by atoms with Gasteiger partial charge in [0.2, 0.25) is 0 Å². The predicted octanol–water partition coefficient (Wildman–Crippen LogP) is 3.27. The third-order valence-electron chi connectivity index (χ3n) is 3.17. The van der Waals surface area contributed by atoms with Crippen LogP contribution < -0.4 is 5.32 Å². The number of aromatic nitrogens is 1. The van der Waals surface area contributed by atoms with Gasteiger partial charge in [0.15, 0.2) is 0 Å². The van der Waals surface area contributed by atoms with Gasteiger partial charge in [0.1, 0.15) is 5.82 Å². The number of halogens is 1. The fourth-order valence-electron chi connectivity index (χ4n) is 2.15. The summed E-state index contributed by atoms with van der Waals surface area (Å²) in [6.07, 6.45) is 3.32. The molecular weight excluding hydrogens is 322 g/mol. The van der Waals surface area contributed by atoms with Crippen molar-refractivity contribution >= 4 is 27.8 Å². The van der Waals surface area contributed by atoms with Crippen molar-refractivity contribution in [2.45, 2.75) is 38.8 Å². The Labute approximate surface area is 127 Å². The molecule has 1 fully saturated rings. The first-order chi connectivity index (χ1) is 9.54. The van der Waals surface area contributed by atoms with Gasteiger partial charge in [-0.15, -0.1) is 0 Å². The summed E-state index contributed by atoms with van der Waals surface area (Å²) in [4.78, 5) is 17.9. The summed E-state index contributed by atoms with van der Waals surface area (Å²) in [7, 11) is 0. The number of carbonyl (C=O) groups is 1. The number of carbonyl (C=O) groups excluding carboxylic acids is 1. The molecule has 1 aliphatic rings. The highest BCUT2D eigenvalue weighted by Gasteiger charge is 2.24. The van der Waals surface area contributed by atoms with Crippen molar-refractivity contribution in [2.75, 3.05) is 18.4 Å². The number of piperidine rings is 1. The fraction of sp³-hybridized carbons (Fsp3) is 0.571. The summed E-state index contributed by atoms with van der Waals surface area (Å²) in [6, 6.07) is 4.26. The summed E-state index contributed by atoms with van der Waals surface area (Å²) in [5, 5.41) is 3.40. The van der Waals surface area contributed by atoms with E-state index >= 15 is 0 Å². The molecule has 1 aliphatic heterocycles. The molecule has 20 heavy (non-hydrogen) atoms. The quantitative estimate of drug-likeness (QED) is 0.916. The number of amides is 1. The minimum absolute atomic E-state index is 0.0645. The number of rotatable bonds is 3. The van der Waals surface area contributed by atoms with E-state index in [1.165, 1.54) is 0 Å². The van der Waals surface area contributed by atoms with Crippen LogP contribution in [0.2, 0.25) is 0 Å². The molecule has 0 radical (unpaired) electrons. The fourth-order valence-corrected chi connectivity index (χ4v) is 2.39. The molecule has 1 aromatic heterocycles.